The van der Waals surface area contributed by atoms with Gasteiger partial charge < -0.3 is 0 Å². The summed E-state index contributed by atoms with van der Waals surface area (Å²) in [5.41, 5.74) is 2.05. The third-order valence-corrected chi connectivity index (χ3v) is 5.23. The van der Waals surface area contributed by atoms with E-state index in [9.17, 15) is 8.42 Å². The van der Waals surface area contributed by atoms with Crippen molar-refractivity contribution in [1.29, 1.82) is 0 Å². The molecular weight excluding hydrogens is 364 g/mol. The van der Waals surface area contributed by atoms with E-state index in [1.165, 1.54) is 6.26 Å². The van der Waals surface area contributed by atoms with Crippen LogP contribution in [0.25, 0.3) is 10.9 Å². The normalized spacial score (nSPS) is 12.0. The number of sulfone groups is 1. The number of aryl methyl sites for hydroxylation is 1. The summed E-state index contributed by atoms with van der Waals surface area (Å²) in [6.45, 7) is 0.681. The zero-order chi connectivity index (χ0) is 15.9. The van der Waals surface area contributed by atoms with Crippen molar-refractivity contribution in [2.75, 3.05) is 6.26 Å². The van der Waals surface area contributed by atoms with Crippen LogP contribution in [0.3, 0.4) is 0 Å². The molecule has 0 atom stereocenters. The van der Waals surface area contributed by atoms with Crippen molar-refractivity contribution < 1.29 is 13.1 Å². The van der Waals surface area contributed by atoms with Gasteiger partial charge in [-0.2, -0.15) is 0 Å². The lowest BCUT2D eigenvalue weighted by Crippen LogP contribution is -2.38. The Hall–Kier alpha value is -1.66. The molecule has 3 aromatic rings. The van der Waals surface area contributed by atoms with Gasteiger partial charge in [-0.3, -0.25) is 0 Å². The van der Waals surface area contributed by atoms with Gasteiger partial charge in [0.2, 0.25) is 6.20 Å². The molecule has 0 aliphatic carbocycles. The second-order valence-corrected chi connectivity index (χ2v) is 8.25. The number of aromatic nitrogens is 2. The lowest BCUT2D eigenvalue weighted by atomic mass is 10.2. The van der Waals surface area contributed by atoms with Crippen LogP contribution in [0.5, 0.6) is 0 Å². The molecule has 0 saturated heterocycles. The number of hydrogen-bond acceptors (Lipinski definition) is 2. The largest absolute Gasteiger partial charge is 0.224 e. The molecule has 2 aromatic carbocycles. The molecule has 0 bridgehead atoms. The number of fused-ring (bicyclic) bond motifs is 1. The average Bonchev–Trinajstić information content (AvgIpc) is 2.75. The van der Waals surface area contributed by atoms with E-state index >= 15 is 0 Å². The minimum absolute atomic E-state index is 0.347. The van der Waals surface area contributed by atoms with Crippen LogP contribution in [0, 0.1) is 0 Å². The van der Waals surface area contributed by atoms with Crippen LogP contribution in [-0.4, -0.2) is 19.4 Å². The van der Waals surface area contributed by atoms with Gasteiger partial charge in [0.25, 0.3) is 0 Å². The Labute approximate surface area is 138 Å². The molecule has 0 spiro atoms. The van der Waals surface area contributed by atoms with Crippen molar-refractivity contribution in [2.45, 2.75) is 11.4 Å². The third-order valence-electron chi connectivity index (χ3n) is 3.63. The zero-order valence-corrected chi connectivity index (χ0v) is 14.7. The molecule has 0 saturated carbocycles. The molecule has 0 aliphatic rings. The summed E-state index contributed by atoms with van der Waals surface area (Å²) in [6, 6.07) is 13.7. The molecule has 1 aromatic heterocycles. The smallest absolute Gasteiger partial charge is 0.204 e. The molecule has 0 fully saturated rings. The van der Waals surface area contributed by atoms with Crippen molar-refractivity contribution in [1.82, 2.24) is 4.68 Å². The van der Waals surface area contributed by atoms with Gasteiger partial charge in [0.05, 0.1) is 10.3 Å². The molecule has 3 rings (SSSR count). The van der Waals surface area contributed by atoms with E-state index in [2.05, 4.69) is 32.7 Å². The number of halogens is 1. The van der Waals surface area contributed by atoms with Gasteiger partial charge in [-0.15, -0.1) is 9.36 Å². The number of benzene rings is 2. The lowest BCUT2D eigenvalue weighted by Gasteiger charge is -2.04. The summed E-state index contributed by atoms with van der Waals surface area (Å²) in [5, 5.41) is 0.740. The highest BCUT2D eigenvalue weighted by molar-refractivity contribution is 9.10. The topological polar surface area (TPSA) is 42.9 Å². The zero-order valence-electron chi connectivity index (χ0n) is 12.3. The van der Waals surface area contributed by atoms with E-state index in [-0.39, 0.29) is 0 Å². The highest BCUT2D eigenvalue weighted by Gasteiger charge is 2.21. The highest BCUT2D eigenvalue weighted by Crippen LogP contribution is 2.27. The molecule has 22 heavy (non-hydrogen) atoms. The van der Waals surface area contributed by atoms with E-state index < -0.39 is 9.84 Å². The molecule has 0 aliphatic heterocycles. The molecule has 6 heteroatoms. The fraction of sp³-hybridized carbons (Fsp3) is 0.188. The quantitative estimate of drug-likeness (QED) is 0.656. The van der Waals surface area contributed by atoms with Gasteiger partial charge in [0.15, 0.2) is 16.9 Å². The van der Waals surface area contributed by atoms with Gasteiger partial charge >= 0.3 is 0 Å². The molecular formula is C16H16BrN2O2S+. The summed E-state index contributed by atoms with van der Waals surface area (Å²) < 4.78 is 28.8. The van der Waals surface area contributed by atoms with Gasteiger partial charge in [0, 0.05) is 10.7 Å². The molecule has 4 nitrogen and oxygen atoms in total. The first kappa shape index (κ1) is 15.2. The SMILES string of the molecule is C[n+]1cc2c(S(C)(=O)=O)cc(Br)cc2n1Cc1ccccc1. The molecule has 0 N–H and O–H groups in total. The molecule has 0 radical (unpaired) electrons. The maximum absolute atomic E-state index is 12.0. The second kappa shape index (κ2) is 5.52. The van der Waals surface area contributed by atoms with Gasteiger partial charge in [-0.25, -0.2) is 8.42 Å². The van der Waals surface area contributed by atoms with Crippen molar-refractivity contribution in [3.63, 3.8) is 0 Å². The molecule has 1 heterocycles. The van der Waals surface area contributed by atoms with Crippen molar-refractivity contribution in [3.8, 4) is 0 Å². The fourth-order valence-electron chi connectivity index (χ4n) is 2.61. The van der Waals surface area contributed by atoms with Crippen molar-refractivity contribution >= 4 is 36.7 Å². The Balaban J connectivity index is 2.24. The van der Waals surface area contributed by atoms with Crippen LogP contribution in [0.15, 0.2) is 58.0 Å². The lowest BCUT2D eigenvalue weighted by molar-refractivity contribution is -0.750. The Morgan fingerprint density at radius 2 is 1.86 bits per heavy atom. The van der Waals surface area contributed by atoms with Crippen molar-refractivity contribution in [3.05, 3.63) is 58.7 Å². The predicted octanol–water partition coefficient (Wildman–Crippen LogP) is 2.68. The summed E-state index contributed by atoms with van der Waals surface area (Å²) in [5.74, 6) is 0. The first-order valence-electron chi connectivity index (χ1n) is 6.79. The molecule has 114 valence electrons. The van der Waals surface area contributed by atoms with E-state index in [1.54, 1.807) is 6.07 Å². The van der Waals surface area contributed by atoms with E-state index in [0.717, 1.165) is 20.9 Å². The maximum atomic E-state index is 12.0. The van der Waals surface area contributed by atoms with Crippen LogP contribution in [0.4, 0.5) is 0 Å². The standard InChI is InChI=1S/C16H16BrN2O2S/c1-18-11-14-15(8-13(17)9-16(14)22(2,20)21)19(18)10-12-6-4-3-5-7-12/h3-9,11H,10H2,1-2H3/q+1. The highest BCUT2D eigenvalue weighted by atomic mass is 79.9. The molecule has 0 unspecified atom stereocenters. The molecule has 0 amide bonds. The minimum Gasteiger partial charge on any atom is -0.224 e. The average molecular weight is 380 g/mol. The Morgan fingerprint density at radius 1 is 1.18 bits per heavy atom. The van der Waals surface area contributed by atoms with Crippen molar-refractivity contribution in [2.24, 2.45) is 7.05 Å². The Bertz CT molecular complexity index is 947. The Kier molecular flexibility index (Phi) is 3.82. The minimum atomic E-state index is -3.28. The summed E-state index contributed by atoms with van der Waals surface area (Å²) in [7, 11) is -1.37. The van der Waals surface area contributed by atoms with Crippen LogP contribution >= 0.6 is 15.9 Å². The summed E-state index contributed by atoms with van der Waals surface area (Å²) in [6.07, 6.45) is 3.10. The Morgan fingerprint density at radius 3 is 2.50 bits per heavy atom. The van der Waals surface area contributed by atoms with E-state index in [0.29, 0.717) is 11.4 Å². The fourth-order valence-corrected chi connectivity index (χ4v) is 4.10. The second-order valence-electron chi connectivity index (χ2n) is 5.35. The monoisotopic (exact) mass is 379 g/mol. The number of rotatable bonds is 3. The van der Waals surface area contributed by atoms with E-state index in [4.69, 9.17) is 0 Å². The number of hydrogen-bond donors (Lipinski definition) is 0. The van der Waals surface area contributed by atoms with Gasteiger partial charge in [-0.05, 0) is 17.7 Å². The van der Waals surface area contributed by atoms with Gasteiger partial charge in [-0.1, -0.05) is 46.3 Å². The first-order chi connectivity index (χ1) is 10.4. The summed E-state index contributed by atoms with van der Waals surface area (Å²) >= 11 is 3.42. The van der Waals surface area contributed by atoms with Crippen LogP contribution in [-0.2, 0) is 23.4 Å². The predicted molar refractivity (Wildman–Crippen MR) is 89.5 cm³/mol. The third kappa shape index (κ3) is 2.80. The maximum Gasteiger partial charge on any atom is 0.204 e. The first-order valence-corrected chi connectivity index (χ1v) is 9.47. The van der Waals surface area contributed by atoms with Gasteiger partial charge in [0.1, 0.15) is 12.1 Å². The van der Waals surface area contributed by atoms with E-state index in [1.807, 2.05) is 42.2 Å². The number of nitrogens with zero attached hydrogens (tertiary/aromatic N) is 2. The van der Waals surface area contributed by atoms with Crippen LogP contribution < -0.4 is 4.68 Å². The van der Waals surface area contributed by atoms with Crippen LogP contribution in [0.2, 0.25) is 0 Å². The van der Waals surface area contributed by atoms with Crippen LogP contribution in [0.1, 0.15) is 5.56 Å². The summed E-state index contributed by atoms with van der Waals surface area (Å²) in [4.78, 5) is 0.347.